The molecule has 1 aromatic carbocycles. The average Bonchev–Trinajstić information content (AvgIpc) is 2.75. The van der Waals surface area contributed by atoms with Gasteiger partial charge in [-0.25, -0.2) is 0 Å². The molecular weight excluding hydrogens is 434 g/mol. The van der Waals surface area contributed by atoms with E-state index in [-0.39, 0.29) is 17.5 Å². The summed E-state index contributed by atoms with van der Waals surface area (Å²) < 4.78 is 12.0. The average molecular weight is 468 g/mol. The molecule has 0 bridgehead atoms. The third kappa shape index (κ3) is 6.70. The fourth-order valence-electron chi connectivity index (χ4n) is 4.61. The summed E-state index contributed by atoms with van der Waals surface area (Å²) in [5.41, 5.74) is 6.27. The zero-order valence-corrected chi connectivity index (χ0v) is 20.0. The van der Waals surface area contributed by atoms with Crippen molar-refractivity contribution in [2.24, 2.45) is 23.5 Å². The van der Waals surface area contributed by atoms with Crippen LogP contribution < -0.4 is 10.5 Å². The molecule has 1 aromatic rings. The number of hydrogen-bond acceptors (Lipinski definition) is 6. The molecule has 0 radical (unpaired) electrons. The number of carbonyl (C=O) groups excluding carboxylic acids is 2. The van der Waals surface area contributed by atoms with Crippen molar-refractivity contribution >= 4 is 34.9 Å². The number of nitrogens with two attached hydrogens (primary N) is 1. The second kappa shape index (κ2) is 11.7. The Hall–Kier alpha value is -1.08. The fourth-order valence-corrected chi connectivity index (χ4v) is 6.02. The van der Waals surface area contributed by atoms with Crippen LogP contribution in [0, 0.1) is 17.8 Å². The number of ether oxygens (including phenoxy) is 2. The highest BCUT2D eigenvalue weighted by Crippen LogP contribution is 2.38. The molecule has 4 unspecified atom stereocenters. The summed E-state index contributed by atoms with van der Waals surface area (Å²) in [5, 5.41) is 0.628. The van der Waals surface area contributed by atoms with Gasteiger partial charge in [-0.15, -0.1) is 0 Å². The largest absolute Gasteiger partial charge is 0.487 e. The van der Waals surface area contributed by atoms with E-state index in [2.05, 4.69) is 0 Å². The Balaban J connectivity index is 1.61. The van der Waals surface area contributed by atoms with Gasteiger partial charge in [0, 0.05) is 17.9 Å². The van der Waals surface area contributed by atoms with Gasteiger partial charge in [-0.2, -0.15) is 11.8 Å². The molecule has 172 valence electrons. The van der Waals surface area contributed by atoms with E-state index in [1.807, 2.05) is 25.6 Å². The van der Waals surface area contributed by atoms with Crippen LogP contribution in [0.3, 0.4) is 0 Å². The van der Waals surface area contributed by atoms with Crippen molar-refractivity contribution in [1.29, 1.82) is 0 Å². The number of benzene rings is 1. The molecule has 7 heteroatoms. The maximum atomic E-state index is 13.1. The van der Waals surface area contributed by atoms with E-state index in [0.29, 0.717) is 36.0 Å². The first-order chi connectivity index (χ1) is 14.9. The molecule has 1 aliphatic heterocycles. The normalized spacial score (nSPS) is 27.5. The number of Topliss-reactive ketones (excluding diaryl/α,β-unsaturated/α-hetero) is 2. The molecule has 2 fully saturated rings. The van der Waals surface area contributed by atoms with Crippen LogP contribution in [0.5, 0.6) is 5.75 Å². The van der Waals surface area contributed by atoms with Gasteiger partial charge in [0.05, 0.1) is 6.10 Å². The minimum atomic E-state index is -0.750. The van der Waals surface area contributed by atoms with Crippen molar-refractivity contribution in [2.45, 2.75) is 70.8 Å². The first-order valence-corrected chi connectivity index (χ1v) is 12.9. The van der Waals surface area contributed by atoms with Gasteiger partial charge >= 0.3 is 0 Å². The number of carbonyl (C=O) groups is 2. The van der Waals surface area contributed by atoms with Crippen molar-refractivity contribution in [3.05, 3.63) is 29.3 Å². The van der Waals surface area contributed by atoms with Crippen LogP contribution in [0.2, 0.25) is 5.02 Å². The first kappa shape index (κ1) is 24.6. The molecule has 1 saturated carbocycles. The van der Waals surface area contributed by atoms with Crippen molar-refractivity contribution < 1.29 is 19.1 Å². The summed E-state index contributed by atoms with van der Waals surface area (Å²) in [6.45, 7) is 3.85. The zero-order chi connectivity index (χ0) is 22.4. The van der Waals surface area contributed by atoms with Gasteiger partial charge < -0.3 is 15.2 Å². The predicted octanol–water partition coefficient (Wildman–Crippen LogP) is 4.89. The molecule has 1 saturated heterocycles. The number of rotatable bonds is 9. The minimum absolute atomic E-state index is 0.0220. The first-order valence-electron chi connectivity index (χ1n) is 11.4. The lowest BCUT2D eigenvalue weighted by molar-refractivity contribution is -0.151. The Kier molecular flexibility index (Phi) is 9.26. The smallest absolute Gasteiger partial charge is 0.146 e. The zero-order valence-electron chi connectivity index (χ0n) is 18.4. The Morgan fingerprint density at radius 3 is 2.42 bits per heavy atom. The summed E-state index contributed by atoms with van der Waals surface area (Å²) in [5.74, 6) is 2.90. The molecule has 0 spiro atoms. The SMILES string of the molecule is CCCC(OC(N)C(C)Oc1ccc(Cl)cc1)C1C(=O)CC(C2CCCSC2)CC1=O. The van der Waals surface area contributed by atoms with Gasteiger partial charge in [0.25, 0.3) is 0 Å². The monoisotopic (exact) mass is 467 g/mol. The van der Waals surface area contributed by atoms with E-state index in [4.69, 9.17) is 26.8 Å². The number of thioether (sulfide) groups is 1. The van der Waals surface area contributed by atoms with Crippen LogP contribution in [-0.4, -0.2) is 41.5 Å². The van der Waals surface area contributed by atoms with Crippen molar-refractivity contribution in [3.8, 4) is 5.75 Å². The molecule has 2 aliphatic rings. The molecule has 3 rings (SSSR count). The summed E-state index contributed by atoms with van der Waals surface area (Å²) in [4.78, 5) is 26.1. The molecule has 0 aromatic heterocycles. The van der Waals surface area contributed by atoms with Gasteiger partial charge in [-0.3, -0.25) is 9.59 Å². The fraction of sp³-hybridized carbons (Fsp3) is 0.667. The Labute approximate surface area is 194 Å². The highest BCUT2D eigenvalue weighted by atomic mass is 35.5. The lowest BCUT2D eigenvalue weighted by Gasteiger charge is -2.37. The van der Waals surface area contributed by atoms with E-state index in [1.54, 1.807) is 24.3 Å². The van der Waals surface area contributed by atoms with Crippen molar-refractivity contribution in [3.63, 3.8) is 0 Å². The van der Waals surface area contributed by atoms with Crippen LogP contribution in [0.25, 0.3) is 0 Å². The topological polar surface area (TPSA) is 78.6 Å². The molecule has 5 nitrogen and oxygen atoms in total. The molecular formula is C24H34ClNO4S. The summed E-state index contributed by atoms with van der Waals surface area (Å²) in [6.07, 6.45) is 3.01. The second-order valence-electron chi connectivity index (χ2n) is 8.76. The van der Waals surface area contributed by atoms with Crippen LogP contribution in [0.15, 0.2) is 24.3 Å². The standard InChI is InChI=1S/C24H34ClNO4S/c1-3-5-22(30-24(26)15(2)29-19-9-7-18(25)8-10-19)23-20(27)12-17(13-21(23)28)16-6-4-11-31-14-16/h7-10,15-17,22-24H,3-6,11-14,26H2,1-2H3. The molecule has 1 aliphatic carbocycles. The van der Waals surface area contributed by atoms with E-state index < -0.39 is 24.4 Å². The summed E-state index contributed by atoms with van der Waals surface area (Å²) in [6, 6.07) is 7.03. The van der Waals surface area contributed by atoms with Crippen molar-refractivity contribution in [1.82, 2.24) is 0 Å². The van der Waals surface area contributed by atoms with E-state index >= 15 is 0 Å². The molecule has 4 atom stereocenters. The highest BCUT2D eigenvalue weighted by Gasteiger charge is 2.43. The third-order valence-corrected chi connectivity index (χ3v) is 7.85. The van der Waals surface area contributed by atoms with Crippen LogP contribution in [-0.2, 0) is 14.3 Å². The Morgan fingerprint density at radius 2 is 1.84 bits per heavy atom. The molecule has 1 heterocycles. The van der Waals surface area contributed by atoms with E-state index in [9.17, 15) is 9.59 Å². The highest BCUT2D eigenvalue weighted by molar-refractivity contribution is 7.99. The third-order valence-electron chi connectivity index (χ3n) is 6.36. The number of halogens is 1. The van der Waals surface area contributed by atoms with Crippen molar-refractivity contribution in [2.75, 3.05) is 11.5 Å². The van der Waals surface area contributed by atoms with Gasteiger partial charge in [-0.05, 0) is 73.8 Å². The molecule has 0 amide bonds. The Morgan fingerprint density at radius 1 is 1.16 bits per heavy atom. The number of hydrogen-bond donors (Lipinski definition) is 1. The molecule has 31 heavy (non-hydrogen) atoms. The van der Waals surface area contributed by atoms with Crippen LogP contribution in [0.1, 0.15) is 52.4 Å². The molecule has 2 N–H and O–H groups in total. The van der Waals surface area contributed by atoms with Gasteiger partial charge in [0.1, 0.15) is 35.6 Å². The van der Waals surface area contributed by atoms with Crippen LogP contribution >= 0.6 is 23.4 Å². The van der Waals surface area contributed by atoms with Gasteiger partial charge in [0.15, 0.2) is 0 Å². The quantitative estimate of drug-likeness (QED) is 0.411. The van der Waals surface area contributed by atoms with Gasteiger partial charge in [0.2, 0.25) is 0 Å². The van der Waals surface area contributed by atoms with Crippen LogP contribution in [0.4, 0.5) is 0 Å². The maximum Gasteiger partial charge on any atom is 0.146 e. The summed E-state index contributed by atoms with van der Waals surface area (Å²) >= 11 is 7.86. The lowest BCUT2D eigenvalue weighted by Crippen LogP contribution is -2.49. The van der Waals surface area contributed by atoms with E-state index in [1.165, 1.54) is 12.2 Å². The second-order valence-corrected chi connectivity index (χ2v) is 10.3. The Bertz CT molecular complexity index is 720. The van der Waals surface area contributed by atoms with Gasteiger partial charge in [-0.1, -0.05) is 24.9 Å². The minimum Gasteiger partial charge on any atom is -0.487 e. The lowest BCUT2D eigenvalue weighted by atomic mass is 9.71. The van der Waals surface area contributed by atoms with E-state index in [0.717, 1.165) is 18.6 Å². The predicted molar refractivity (Wildman–Crippen MR) is 126 cm³/mol. The summed E-state index contributed by atoms with van der Waals surface area (Å²) in [7, 11) is 0. The maximum absolute atomic E-state index is 13.1. The number of ketones is 2.